The van der Waals surface area contributed by atoms with Crippen LogP contribution in [0.25, 0.3) is 0 Å². The zero-order valence-corrected chi connectivity index (χ0v) is 33.0. The van der Waals surface area contributed by atoms with E-state index in [1.54, 1.807) is 0 Å². The Labute approximate surface area is 318 Å². The third kappa shape index (κ3) is 13.2. The van der Waals surface area contributed by atoms with Gasteiger partial charge in [-0.3, -0.25) is 0 Å². The zero-order chi connectivity index (χ0) is 35.9. The SMILES string of the molecule is C1=C\CC/C=C\CC/1.C[C@@]1(CO)CC[C@H](CP(c2ccccc2)c2ccccc2)[C@@]1(C)CP(c1ccccc1)c1ccccc1.F[B-](F)(F)F.[Rh]. The molecule has 0 aliphatic heterocycles. The summed E-state index contributed by atoms with van der Waals surface area (Å²) in [5.41, 5.74) is -0.0561. The molecule has 6 rings (SSSR count). The van der Waals surface area contributed by atoms with Crippen molar-refractivity contribution in [2.24, 2.45) is 16.7 Å². The van der Waals surface area contributed by atoms with E-state index in [1.807, 2.05) is 0 Å². The van der Waals surface area contributed by atoms with Gasteiger partial charge in [-0.05, 0) is 105 Å². The number of hydrogen-bond acceptors (Lipinski definition) is 1. The molecule has 3 atom stereocenters. The van der Waals surface area contributed by atoms with Gasteiger partial charge in [0, 0.05) is 26.1 Å². The van der Waals surface area contributed by atoms with Crippen LogP contribution in [0.4, 0.5) is 17.3 Å². The Hall–Kier alpha value is -2.41. The maximum atomic E-state index is 10.8. The topological polar surface area (TPSA) is 20.2 Å². The minimum absolute atomic E-state index is 0. The van der Waals surface area contributed by atoms with Crippen LogP contribution in [0.3, 0.4) is 0 Å². The standard InChI is InChI=1S/C34H38OP2.C8H12.BF4.Rh/c1-33(26-35)24-23-28(25-36(29-15-7-3-8-16-29)30-17-9-4-10-18-30)34(33,2)27-37(31-19-11-5-12-20-31)32-21-13-6-14-22-32;1-2-4-6-8-7-5-3-1;2-1(3,4)5;/h3-22,28,35H,23-27H2,1-2H3;1-2,7-8H,3-6H2;;/q;;-1;/b;2-1-,8-7-;;/t28-,33+,34-;;;/m1.../s1. The molecule has 0 saturated heterocycles. The molecule has 51 heavy (non-hydrogen) atoms. The monoisotopic (exact) mass is 822 g/mol. The van der Waals surface area contributed by atoms with E-state index in [9.17, 15) is 22.4 Å². The van der Waals surface area contributed by atoms with Gasteiger partial charge in [0.15, 0.2) is 0 Å². The molecule has 0 spiro atoms. The number of benzene rings is 4. The predicted molar refractivity (Wildman–Crippen MR) is 211 cm³/mol. The van der Waals surface area contributed by atoms with Crippen LogP contribution in [0, 0.1) is 16.7 Å². The van der Waals surface area contributed by atoms with Crippen LogP contribution in [0.15, 0.2) is 146 Å². The van der Waals surface area contributed by atoms with Crippen molar-refractivity contribution in [3.05, 3.63) is 146 Å². The fourth-order valence-corrected chi connectivity index (χ4v) is 12.8. The Kier molecular flexibility index (Phi) is 18.0. The molecule has 0 aromatic heterocycles. The Bertz CT molecular complexity index is 1480. The molecule has 1 saturated carbocycles. The molecule has 0 heterocycles. The van der Waals surface area contributed by atoms with Crippen molar-refractivity contribution < 1.29 is 41.8 Å². The molecule has 275 valence electrons. The summed E-state index contributed by atoms with van der Waals surface area (Å²) in [4.78, 5) is 0. The quantitative estimate of drug-likeness (QED) is 0.0772. The summed E-state index contributed by atoms with van der Waals surface area (Å²) in [5, 5.41) is 16.6. The summed E-state index contributed by atoms with van der Waals surface area (Å²) in [6, 6.07) is 44.4. The molecule has 1 fully saturated rings. The average Bonchev–Trinajstić information content (AvgIpc) is 3.35. The van der Waals surface area contributed by atoms with Crippen molar-refractivity contribution in [1.29, 1.82) is 0 Å². The first kappa shape index (κ1) is 43.0. The first-order valence-electron chi connectivity index (χ1n) is 17.6. The van der Waals surface area contributed by atoms with Crippen LogP contribution in [0.5, 0.6) is 0 Å². The van der Waals surface area contributed by atoms with Crippen LogP contribution in [-0.2, 0) is 19.5 Å². The minimum Gasteiger partial charge on any atom is -0.418 e. The van der Waals surface area contributed by atoms with Crippen LogP contribution in [0.1, 0.15) is 52.4 Å². The molecule has 0 bridgehead atoms. The molecule has 2 aliphatic rings. The van der Waals surface area contributed by atoms with Gasteiger partial charge in [0.2, 0.25) is 0 Å². The van der Waals surface area contributed by atoms with Crippen molar-refractivity contribution in [2.45, 2.75) is 52.4 Å². The summed E-state index contributed by atoms with van der Waals surface area (Å²) in [6.07, 6.45) is 18.5. The zero-order valence-electron chi connectivity index (χ0n) is 29.6. The van der Waals surface area contributed by atoms with Gasteiger partial charge in [-0.2, -0.15) is 0 Å². The molecular formula is C42H50BF4OP2Rh-. The molecule has 9 heteroatoms. The van der Waals surface area contributed by atoms with Gasteiger partial charge in [0.1, 0.15) is 0 Å². The molecule has 1 nitrogen and oxygen atoms in total. The summed E-state index contributed by atoms with van der Waals surface area (Å²) >= 11 is 0. The smallest absolute Gasteiger partial charge is 0.418 e. The summed E-state index contributed by atoms with van der Waals surface area (Å²) in [7, 11) is -7.01. The maximum absolute atomic E-state index is 10.8. The first-order chi connectivity index (χ1) is 24.0. The molecule has 0 amide bonds. The second-order valence-electron chi connectivity index (χ2n) is 13.5. The largest absolute Gasteiger partial charge is 0.673 e. The van der Waals surface area contributed by atoms with E-state index in [1.165, 1.54) is 59.5 Å². The minimum atomic E-state index is -6.00. The van der Waals surface area contributed by atoms with E-state index in [2.05, 4.69) is 159 Å². The van der Waals surface area contributed by atoms with E-state index < -0.39 is 23.1 Å². The van der Waals surface area contributed by atoms with Gasteiger partial charge in [-0.1, -0.05) is 159 Å². The van der Waals surface area contributed by atoms with Crippen molar-refractivity contribution in [1.82, 2.24) is 0 Å². The number of halogens is 4. The summed E-state index contributed by atoms with van der Waals surface area (Å²) < 4.78 is 39.0. The fourth-order valence-electron chi connectivity index (χ4n) is 6.99. The number of allylic oxidation sites excluding steroid dienone is 4. The third-order valence-corrected chi connectivity index (χ3v) is 15.6. The fraction of sp³-hybridized carbons (Fsp3) is 0.333. The molecule has 1 N–H and O–H groups in total. The van der Waals surface area contributed by atoms with E-state index in [-0.39, 0.29) is 36.9 Å². The van der Waals surface area contributed by atoms with Crippen LogP contribution < -0.4 is 21.2 Å². The Morgan fingerprint density at radius 3 is 1.22 bits per heavy atom. The molecule has 1 radical (unpaired) electrons. The molecule has 2 aliphatic carbocycles. The van der Waals surface area contributed by atoms with Crippen molar-refractivity contribution in [3.63, 3.8) is 0 Å². The van der Waals surface area contributed by atoms with Gasteiger partial charge < -0.3 is 22.4 Å². The summed E-state index contributed by atoms with van der Waals surface area (Å²) in [5.74, 6) is 0.550. The Morgan fingerprint density at radius 1 is 0.588 bits per heavy atom. The van der Waals surface area contributed by atoms with Gasteiger partial charge in [-0.15, -0.1) is 0 Å². The number of hydrogen-bond donors (Lipinski definition) is 1. The van der Waals surface area contributed by atoms with Crippen LogP contribution in [-0.4, -0.2) is 31.3 Å². The molecule has 4 aromatic rings. The Balaban J connectivity index is 0.000000424. The van der Waals surface area contributed by atoms with Crippen molar-refractivity contribution in [3.8, 4) is 0 Å². The van der Waals surface area contributed by atoms with E-state index in [0.717, 1.165) is 12.6 Å². The van der Waals surface area contributed by atoms with Gasteiger partial charge in [0.05, 0.1) is 0 Å². The molecule has 4 aromatic carbocycles. The van der Waals surface area contributed by atoms with Gasteiger partial charge in [0.25, 0.3) is 0 Å². The van der Waals surface area contributed by atoms with Crippen molar-refractivity contribution in [2.75, 3.05) is 18.9 Å². The van der Waals surface area contributed by atoms with Crippen molar-refractivity contribution >= 4 is 44.3 Å². The first-order valence-corrected chi connectivity index (χ1v) is 20.6. The molecule has 0 unspecified atom stereocenters. The predicted octanol–water partition coefficient (Wildman–Crippen LogP) is 10.6. The van der Waals surface area contributed by atoms with Gasteiger partial charge >= 0.3 is 7.25 Å². The second kappa shape index (κ2) is 21.3. The second-order valence-corrected chi connectivity index (χ2v) is 18.0. The number of rotatable bonds is 9. The van der Waals surface area contributed by atoms with Gasteiger partial charge in [-0.25, -0.2) is 0 Å². The number of aliphatic hydroxyl groups is 1. The van der Waals surface area contributed by atoms with Crippen LogP contribution >= 0.6 is 15.8 Å². The number of aliphatic hydroxyl groups excluding tert-OH is 1. The normalized spacial score (nSPS) is 22.6. The third-order valence-electron chi connectivity index (χ3n) is 10.2. The molecular weight excluding hydrogens is 772 g/mol. The summed E-state index contributed by atoms with van der Waals surface area (Å²) in [6.45, 7) is 5.11. The average molecular weight is 823 g/mol. The Morgan fingerprint density at radius 2 is 0.902 bits per heavy atom. The van der Waals surface area contributed by atoms with E-state index >= 15 is 0 Å². The van der Waals surface area contributed by atoms with Crippen LogP contribution in [0.2, 0.25) is 0 Å². The maximum Gasteiger partial charge on any atom is 0.673 e. The van der Waals surface area contributed by atoms with E-state index in [4.69, 9.17) is 0 Å². The van der Waals surface area contributed by atoms with E-state index in [0.29, 0.717) is 5.92 Å².